The average molecular weight is 439 g/mol. The summed E-state index contributed by atoms with van der Waals surface area (Å²) < 4.78 is 45.0. The van der Waals surface area contributed by atoms with Crippen molar-refractivity contribution in [2.24, 2.45) is 5.16 Å². The molecule has 11 nitrogen and oxygen atoms in total. The zero-order chi connectivity index (χ0) is 20.9. The van der Waals surface area contributed by atoms with Crippen molar-refractivity contribution in [1.29, 1.82) is 0 Å². The lowest BCUT2D eigenvalue weighted by atomic mass is 10.0. The van der Waals surface area contributed by atoms with Crippen LogP contribution in [-0.2, 0) is 25.8 Å². The summed E-state index contributed by atoms with van der Waals surface area (Å²) in [5.74, 6) is 0.533. The molecule has 0 bridgehead atoms. The van der Waals surface area contributed by atoms with Crippen LogP contribution in [0.1, 0.15) is 5.56 Å². The third-order valence-corrected chi connectivity index (χ3v) is 5.20. The Morgan fingerprint density at radius 1 is 1.25 bits per heavy atom. The van der Waals surface area contributed by atoms with E-state index in [2.05, 4.69) is 9.44 Å². The standard InChI is InChI=1S/C15H21NO10S2/c1-24-9-4-2-3-8(5-9)6-11(16-26-28(21,22)23)27-15-14(20)13(19)12(18)10(7-17)25-15/h2-5,10,12-15,17-20H,6-7H2,1H3,(H,21,22,23)/t10?,12-,13-,14?,15-/m0/s1. The first-order chi connectivity index (χ1) is 13.1. The van der Waals surface area contributed by atoms with Crippen molar-refractivity contribution in [2.75, 3.05) is 13.7 Å². The highest BCUT2D eigenvalue weighted by atomic mass is 32.3. The summed E-state index contributed by atoms with van der Waals surface area (Å²) in [7, 11) is -3.40. The predicted molar refractivity (Wildman–Crippen MR) is 98.1 cm³/mol. The molecule has 2 unspecified atom stereocenters. The Balaban J connectivity index is 2.23. The summed E-state index contributed by atoms with van der Waals surface area (Å²) in [5, 5.41) is 42.4. The van der Waals surface area contributed by atoms with E-state index in [9.17, 15) is 28.8 Å². The van der Waals surface area contributed by atoms with Crippen molar-refractivity contribution >= 4 is 27.2 Å². The van der Waals surface area contributed by atoms with Crippen molar-refractivity contribution in [3.8, 4) is 5.75 Å². The van der Waals surface area contributed by atoms with E-state index in [1.165, 1.54) is 7.11 Å². The molecule has 1 aromatic rings. The van der Waals surface area contributed by atoms with Gasteiger partial charge in [-0.15, -0.1) is 0 Å². The van der Waals surface area contributed by atoms with Crippen LogP contribution in [0.5, 0.6) is 5.75 Å². The Labute approximate surface area is 165 Å². The van der Waals surface area contributed by atoms with E-state index in [1.807, 2.05) is 0 Å². The maximum atomic E-state index is 10.8. The fourth-order valence-corrected chi connectivity index (χ4v) is 3.77. The molecule has 1 aliphatic heterocycles. The molecule has 13 heteroatoms. The van der Waals surface area contributed by atoms with Gasteiger partial charge in [-0.25, -0.2) is 4.28 Å². The van der Waals surface area contributed by atoms with Gasteiger partial charge in [-0.1, -0.05) is 29.1 Å². The van der Waals surface area contributed by atoms with Gasteiger partial charge in [-0.2, -0.15) is 8.42 Å². The number of hydrogen-bond acceptors (Lipinski definition) is 11. The molecule has 1 fully saturated rings. The number of rotatable bonds is 7. The molecule has 0 radical (unpaired) electrons. The lowest BCUT2D eigenvalue weighted by Gasteiger charge is -2.39. The molecule has 0 spiro atoms. The minimum absolute atomic E-state index is 0.00636. The first kappa shape index (κ1) is 22.8. The van der Waals surface area contributed by atoms with Gasteiger partial charge >= 0.3 is 10.4 Å². The number of ether oxygens (including phenoxy) is 2. The number of methoxy groups -OCH3 is 1. The smallest absolute Gasteiger partial charge is 0.466 e. The molecule has 1 heterocycles. The first-order valence-electron chi connectivity index (χ1n) is 7.97. The minimum atomic E-state index is -4.87. The van der Waals surface area contributed by atoms with Crippen LogP contribution < -0.4 is 4.74 Å². The Morgan fingerprint density at radius 3 is 2.57 bits per heavy atom. The largest absolute Gasteiger partial charge is 0.497 e. The van der Waals surface area contributed by atoms with Crippen molar-refractivity contribution in [3.05, 3.63) is 29.8 Å². The normalized spacial score (nSPS) is 28.8. The summed E-state index contributed by atoms with van der Waals surface area (Å²) in [6.45, 7) is -0.619. The van der Waals surface area contributed by atoms with Crippen LogP contribution in [0.2, 0.25) is 0 Å². The molecule has 1 aromatic carbocycles. The topological polar surface area (TPSA) is 175 Å². The fraction of sp³-hybridized carbons (Fsp3) is 0.533. The van der Waals surface area contributed by atoms with Gasteiger partial charge in [0.1, 0.15) is 40.6 Å². The third-order valence-electron chi connectivity index (χ3n) is 3.82. The zero-order valence-electron chi connectivity index (χ0n) is 14.7. The van der Waals surface area contributed by atoms with Gasteiger partial charge in [0.2, 0.25) is 0 Å². The summed E-state index contributed by atoms with van der Waals surface area (Å²) in [6.07, 6.45) is -5.85. The monoisotopic (exact) mass is 439 g/mol. The van der Waals surface area contributed by atoms with Crippen LogP contribution in [0.15, 0.2) is 29.4 Å². The molecule has 28 heavy (non-hydrogen) atoms. The first-order valence-corrected chi connectivity index (χ1v) is 10.2. The predicted octanol–water partition coefficient (Wildman–Crippen LogP) is -1.10. The van der Waals surface area contributed by atoms with Gasteiger partial charge in [0.25, 0.3) is 0 Å². The number of nitrogens with zero attached hydrogens (tertiary/aromatic N) is 1. The number of oxime groups is 1. The third kappa shape index (κ3) is 6.28. The summed E-state index contributed by atoms with van der Waals surface area (Å²) in [5.41, 5.74) is -0.570. The second kappa shape index (κ2) is 9.84. The second-order valence-corrected chi connectivity index (χ2v) is 8.01. The highest BCUT2D eigenvalue weighted by molar-refractivity contribution is 8.14. The molecule has 0 aromatic heterocycles. The molecule has 2 rings (SSSR count). The molecule has 0 aliphatic carbocycles. The van der Waals surface area contributed by atoms with E-state index >= 15 is 0 Å². The summed E-state index contributed by atoms with van der Waals surface area (Å²) in [6, 6.07) is 6.73. The highest BCUT2D eigenvalue weighted by Crippen LogP contribution is 2.30. The Morgan fingerprint density at radius 2 is 1.96 bits per heavy atom. The molecule has 0 amide bonds. The quantitative estimate of drug-likeness (QED) is 0.151. The Bertz CT molecular complexity index is 785. The van der Waals surface area contributed by atoms with Gasteiger partial charge in [0, 0.05) is 6.42 Å². The van der Waals surface area contributed by atoms with E-state index in [0.717, 1.165) is 0 Å². The van der Waals surface area contributed by atoms with E-state index in [1.54, 1.807) is 24.3 Å². The molecule has 1 aliphatic rings. The van der Waals surface area contributed by atoms with E-state index in [-0.39, 0.29) is 11.5 Å². The fourth-order valence-electron chi connectivity index (χ4n) is 2.44. The van der Waals surface area contributed by atoms with Crippen LogP contribution in [0, 0.1) is 0 Å². The van der Waals surface area contributed by atoms with Crippen molar-refractivity contribution in [2.45, 2.75) is 36.3 Å². The molecule has 0 saturated carbocycles. The second-order valence-electron chi connectivity index (χ2n) is 5.83. The maximum Gasteiger partial charge on any atom is 0.466 e. The van der Waals surface area contributed by atoms with Gasteiger partial charge in [0.05, 0.1) is 13.7 Å². The molecular formula is C15H21NO10S2. The summed E-state index contributed by atoms with van der Waals surface area (Å²) >= 11 is 0.702. The van der Waals surface area contributed by atoms with Gasteiger partial charge < -0.3 is 29.9 Å². The van der Waals surface area contributed by atoms with Crippen molar-refractivity contribution < 1.29 is 47.2 Å². The van der Waals surface area contributed by atoms with E-state index in [0.29, 0.717) is 23.1 Å². The van der Waals surface area contributed by atoms with Crippen LogP contribution in [0.3, 0.4) is 0 Å². The molecule has 1 saturated heterocycles. The highest BCUT2D eigenvalue weighted by Gasteiger charge is 2.44. The van der Waals surface area contributed by atoms with Crippen LogP contribution in [0.25, 0.3) is 0 Å². The van der Waals surface area contributed by atoms with Gasteiger partial charge in [0.15, 0.2) is 0 Å². The Kier molecular flexibility index (Phi) is 8.03. The van der Waals surface area contributed by atoms with Gasteiger partial charge in [-0.3, -0.25) is 4.55 Å². The number of thioether (sulfide) groups is 1. The minimum Gasteiger partial charge on any atom is -0.497 e. The van der Waals surface area contributed by atoms with Crippen LogP contribution >= 0.6 is 11.8 Å². The van der Waals surface area contributed by atoms with E-state index < -0.39 is 46.9 Å². The van der Waals surface area contributed by atoms with Gasteiger partial charge in [-0.05, 0) is 17.7 Å². The molecule has 5 N–H and O–H groups in total. The Hall–Kier alpha value is -1.45. The molecular weight excluding hydrogens is 418 g/mol. The van der Waals surface area contributed by atoms with Crippen molar-refractivity contribution in [3.63, 3.8) is 0 Å². The van der Waals surface area contributed by atoms with Crippen molar-refractivity contribution in [1.82, 2.24) is 0 Å². The molecule has 5 atom stereocenters. The number of aliphatic hydroxyl groups excluding tert-OH is 4. The molecule has 158 valence electrons. The number of benzene rings is 1. The number of aliphatic hydroxyl groups is 4. The summed E-state index contributed by atoms with van der Waals surface area (Å²) in [4.78, 5) is 0. The zero-order valence-corrected chi connectivity index (χ0v) is 16.3. The van der Waals surface area contributed by atoms with E-state index in [4.69, 9.17) is 14.0 Å². The van der Waals surface area contributed by atoms with Crippen LogP contribution in [0.4, 0.5) is 0 Å². The number of hydrogen-bond donors (Lipinski definition) is 5. The average Bonchev–Trinajstić information content (AvgIpc) is 2.66. The SMILES string of the molecule is COc1cccc(CC(=NOS(=O)(=O)O)S[C@@H]2OC(CO)[C@H](O)[C@H](O)C2O)c1. The van der Waals surface area contributed by atoms with Crippen LogP contribution in [-0.4, -0.2) is 82.0 Å². The lowest BCUT2D eigenvalue weighted by molar-refractivity contribution is -0.205. The maximum absolute atomic E-state index is 10.8. The lowest BCUT2D eigenvalue weighted by Crippen LogP contribution is -2.57.